The molecule has 9 nitrogen and oxygen atoms in total. The number of aliphatic carboxylic acids is 1. The van der Waals surface area contributed by atoms with E-state index in [4.69, 9.17) is 16.6 Å². The normalized spacial score (nSPS) is 14.4. The van der Waals surface area contributed by atoms with Crippen LogP contribution >= 0.6 is 24.4 Å². The van der Waals surface area contributed by atoms with Crippen molar-refractivity contribution in [3.63, 3.8) is 0 Å². The standard InChI is InChI=1S/C12H22N4O5S2/c1-23-3-2-7(15-10(18)6(13)5-22)11(19)16-8(12(20)21)4-9(14)17/h6-8,22H,2-5,13H2,1H3,(H2,14,17)(H,15,18)(H,16,19)(H,20,21)/t6-,7-,8-/m0/s1. The van der Waals surface area contributed by atoms with Crippen molar-refractivity contribution in [2.45, 2.75) is 31.0 Å². The lowest BCUT2D eigenvalue weighted by Crippen LogP contribution is -2.55. The largest absolute Gasteiger partial charge is 0.480 e. The van der Waals surface area contributed by atoms with Gasteiger partial charge in [0, 0.05) is 5.75 Å². The lowest BCUT2D eigenvalue weighted by Gasteiger charge is -2.22. The van der Waals surface area contributed by atoms with Crippen LogP contribution in [0.25, 0.3) is 0 Å². The molecule has 0 aromatic heterocycles. The monoisotopic (exact) mass is 366 g/mol. The second-order valence-electron chi connectivity index (χ2n) is 4.70. The van der Waals surface area contributed by atoms with E-state index in [1.165, 1.54) is 11.8 Å². The van der Waals surface area contributed by atoms with Gasteiger partial charge in [0.1, 0.15) is 12.1 Å². The highest BCUT2D eigenvalue weighted by atomic mass is 32.2. The van der Waals surface area contributed by atoms with E-state index in [0.717, 1.165) is 0 Å². The number of nitrogens with two attached hydrogens (primary N) is 2. The maximum absolute atomic E-state index is 12.2. The van der Waals surface area contributed by atoms with Crippen molar-refractivity contribution in [2.75, 3.05) is 17.8 Å². The summed E-state index contributed by atoms with van der Waals surface area (Å²) >= 11 is 5.36. The summed E-state index contributed by atoms with van der Waals surface area (Å²) < 4.78 is 0. The Bertz CT molecular complexity index is 449. The smallest absolute Gasteiger partial charge is 0.326 e. The van der Waals surface area contributed by atoms with Gasteiger partial charge in [-0.15, -0.1) is 0 Å². The summed E-state index contributed by atoms with van der Waals surface area (Å²) in [5.41, 5.74) is 10.5. The fourth-order valence-corrected chi connectivity index (χ4v) is 2.18. The number of carbonyl (C=O) groups is 4. The summed E-state index contributed by atoms with van der Waals surface area (Å²) in [4.78, 5) is 45.9. The first kappa shape index (κ1) is 21.5. The number of carbonyl (C=O) groups excluding carboxylic acids is 3. The summed E-state index contributed by atoms with van der Waals surface area (Å²) in [6.45, 7) is 0. The van der Waals surface area contributed by atoms with E-state index in [-0.39, 0.29) is 12.2 Å². The number of nitrogens with one attached hydrogen (secondary N) is 2. The van der Waals surface area contributed by atoms with Gasteiger partial charge in [0.25, 0.3) is 0 Å². The second-order valence-corrected chi connectivity index (χ2v) is 6.05. The quantitative estimate of drug-likeness (QED) is 0.228. The molecule has 0 fully saturated rings. The van der Waals surface area contributed by atoms with Gasteiger partial charge in [-0.05, 0) is 18.4 Å². The average molecular weight is 366 g/mol. The minimum Gasteiger partial charge on any atom is -0.480 e. The highest BCUT2D eigenvalue weighted by molar-refractivity contribution is 7.98. The zero-order valence-corrected chi connectivity index (χ0v) is 14.4. The van der Waals surface area contributed by atoms with E-state index in [1.807, 2.05) is 6.26 Å². The molecule has 23 heavy (non-hydrogen) atoms. The molecule has 132 valence electrons. The number of hydrogen-bond donors (Lipinski definition) is 6. The van der Waals surface area contributed by atoms with E-state index >= 15 is 0 Å². The zero-order chi connectivity index (χ0) is 18.0. The Morgan fingerprint density at radius 1 is 1.17 bits per heavy atom. The number of rotatable bonds is 11. The predicted octanol–water partition coefficient (Wildman–Crippen LogP) is -2.07. The van der Waals surface area contributed by atoms with Gasteiger partial charge >= 0.3 is 5.97 Å². The molecule has 0 saturated heterocycles. The number of carboxylic acid groups (broad SMARTS) is 1. The molecule has 0 aliphatic heterocycles. The van der Waals surface area contributed by atoms with E-state index in [9.17, 15) is 19.2 Å². The van der Waals surface area contributed by atoms with Crippen LogP contribution < -0.4 is 22.1 Å². The summed E-state index contributed by atoms with van der Waals surface area (Å²) in [6, 6.07) is -3.30. The van der Waals surface area contributed by atoms with E-state index in [2.05, 4.69) is 23.3 Å². The number of thioether (sulfide) groups is 1. The lowest BCUT2D eigenvalue weighted by molar-refractivity contribution is -0.143. The first-order valence-electron chi connectivity index (χ1n) is 6.70. The molecular weight excluding hydrogens is 344 g/mol. The van der Waals surface area contributed by atoms with Crippen LogP contribution in [0.1, 0.15) is 12.8 Å². The van der Waals surface area contributed by atoms with E-state index < -0.39 is 48.2 Å². The van der Waals surface area contributed by atoms with Gasteiger partial charge in [-0.1, -0.05) is 0 Å². The van der Waals surface area contributed by atoms with E-state index in [0.29, 0.717) is 5.75 Å². The molecular formula is C12H22N4O5S2. The minimum atomic E-state index is -1.45. The molecule has 7 N–H and O–H groups in total. The number of primary amides is 1. The van der Waals surface area contributed by atoms with Crippen LogP contribution in [-0.4, -0.2) is 64.7 Å². The lowest BCUT2D eigenvalue weighted by atomic mass is 10.1. The maximum atomic E-state index is 12.2. The van der Waals surface area contributed by atoms with Gasteiger partial charge in [-0.25, -0.2) is 4.79 Å². The number of amides is 3. The van der Waals surface area contributed by atoms with Gasteiger partial charge in [0.15, 0.2) is 0 Å². The highest BCUT2D eigenvalue weighted by Gasteiger charge is 2.28. The molecule has 0 bridgehead atoms. The highest BCUT2D eigenvalue weighted by Crippen LogP contribution is 2.03. The second kappa shape index (κ2) is 11.1. The minimum absolute atomic E-state index is 0.0993. The Balaban J connectivity index is 4.93. The Hall–Kier alpha value is -1.46. The molecule has 3 atom stereocenters. The first-order chi connectivity index (χ1) is 10.7. The van der Waals surface area contributed by atoms with Crippen LogP contribution in [0.5, 0.6) is 0 Å². The molecule has 0 radical (unpaired) electrons. The summed E-state index contributed by atoms with van der Waals surface area (Å²) in [5.74, 6) is -2.88. The third-order valence-electron chi connectivity index (χ3n) is 2.80. The molecule has 0 spiro atoms. The number of thiol groups is 1. The van der Waals surface area contributed by atoms with Crippen LogP contribution in [-0.2, 0) is 19.2 Å². The molecule has 0 aliphatic rings. The molecule has 3 amide bonds. The van der Waals surface area contributed by atoms with Gasteiger partial charge in [-0.3, -0.25) is 14.4 Å². The molecule has 11 heteroatoms. The van der Waals surface area contributed by atoms with Crippen molar-refractivity contribution in [3.05, 3.63) is 0 Å². The van der Waals surface area contributed by atoms with Crippen LogP contribution in [0.15, 0.2) is 0 Å². The van der Waals surface area contributed by atoms with Crippen LogP contribution in [0.4, 0.5) is 0 Å². The van der Waals surface area contributed by atoms with Gasteiger partial charge < -0.3 is 27.2 Å². The third-order valence-corrected chi connectivity index (χ3v) is 3.83. The molecule has 0 aromatic carbocycles. The van der Waals surface area contributed by atoms with Crippen molar-refractivity contribution < 1.29 is 24.3 Å². The third kappa shape index (κ3) is 8.67. The van der Waals surface area contributed by atoms with Gasteiger partial charge in [0.2, 0.25) is 17.7 Å². The summed E-state index contributed by atoms with van der Waals surface area (Å²) in [6.07, 6.45) is 1.56. The Morgan fingerprint density at radius 2 is 1.74 bits per heavy atom. The molecule has 0 heterocycles. The Labute approximate surface area is 143 Å². The molecule has 0 rings (SSSR count). The van der Waals surface area contributed by atoms with Crippen molar-refractivity contribution in [3.8, 4) is 0 Å². The summed E-state index contributed by atoms with van der Waals surface area (Å²) in [7, 11) is 0. The Kier molecular flexibility index (Phi) is 10.4. The van der Waals surface area contributed by atoms with E-state index in [1.54, 1.807) is 0 Å². The first-order valence-corrected chi connectivity index (χ1v) is 8.72. The molecule has 0 unspecified atom stereocenters. The van der Waals surface area contributed by atoms with Crippen molar-refractivity contribution in [2.24, 2.45) is 11.5 Å². The maximum Gasteiger partial charge on any atom is 0.326 e. The van der Waals surface area contributed by atoms with Crippen molar-refractivity contribution >= 4 is 48.1 Å². The predicted molar refractivity (Wildman–Crippen MR) is 90.1 cm³/mol. The van der Waals surface area contributed by atoms with Crippen LogP contribution in [0.3, 0.4) is 0 Å². The van der Waals surface area contributed by atoms with Gasteiger partial charge in [0.05, 0.1) is 12.5 Å². The SMILES string of the molecule is CSCC[C@H](NC(=O)[C@@H](N)CS)C(=O)N[C@@H](CC(N)=O)C(=O)O. The number of carboxylic acids is 1. The van der Waals surface area contributed by atoms with Gasteiger partial charge in [-0.2, -0.15) is 24.4 Å². The Morgan fingerprint density at radius 3 is 2.17 bits per heavy atom. The van der Waals surface area contributed by atoms with Crippen LogP contribution in [0, 0.1) is 0 Å². The molecule has 0 saturated carbocycles. The topological polar surface area (TPSA) is 165 Å². The zero-order valence-electron chi connectivity index (χ0n) is 12.7. The van der Waals surface area contributed by atoms with Crippen LogP contribution in [0.2, 0.25) is 0 Å². The number of hydrogen-bond acceptors (Lipinski definition) is 7. The molecule has 0 aromatic rings. The summed E-state index contributed by atoms with van der Waals surface area (Å²) in [5, 5.41) is 13.6. The molecule has 0 aliphatic carbocycles. The fourth-order valence-electron chi connectivity index (χ4n) is 1.54. The van der Waals surface area contributed by atoms with Crippen molar-refractivity contribution in [1.82, 2.24) is 10.6 Å². The van der Waals surface area contributed by atoms with Crippen molar-refractivity contribution in [1.29, 1.82) is 0 Å². The fraction of sp³-hybridized carbons (Fsp3) is 0.667. The average Bonchev–Trinajstić information content (AvgIpc) is 2.48.